The number of allylic oxidation sites excluding steroid dienone is 3. The number of carbonyl (C=O) groups is 1. The first kappa shape index (κ1) is 12.9. The Balaban J connectivity index is 1.87. The summed E-state index contributed by atoms with van der Waals surface area (Å²) in [5.74, 6) is -0.00455. The molecule has 0 radical (unpaired) electrons. The fourth-order valence-corrected chi connectivity index (χ4v) is 6.29. The van der Waals surface area contributed by atoms with Gasteiger partial charge >= 0.3 is 0 Å². The van der Waals surface area contributed by atoms with Crippen molar-refractivity contribution in [3.05, 3.63) is 24.8 Å². The maximum absolute atomic E-state index is 12.6. The minimum atomic E-state index is -3.46. The van der Waals surface area contributed by atoms with Gasteiger partial charge in [-0.1, -0.05) is 25.2 Å². The Morgan fingerprint density at radius 1 is 1.47 bits per heavy atom. The zero-order valence-electron chi connectivity index (χ0n) is 11.0. The first-order valence-corrected chi connectivity index (χ1v) is 8.31. The molecule has 0 spiro atoms. The van der Waals surface area contributed by atoms with E-state index >= 15 is 0 Å². The largest absolute Gasteiger partial charge is 0.273 e. The average Bonchev–Trinajstić information content (AvgIpc) is 3.00. The molecule has 2 fully saturated rings. The van der Waals surface area contributed by atoms with Crippen LogP contribution in [0.2, 0.25) is 0 Å². The first-order chi connectivity index (χ1) is 8.96. The lowest BCUT2D eigenvalue weighted by Gasteiger charge is -2.21. The van der Waals surface area contributed by atoms with Crippen LogP contribution >= 0.6 is 0 Å². The summed E-state index contributed by atoms with van der Waals surface area (Å²) in [6, 6.07) is 0. The van der Waals surface area contributed by atoms with Gasteiger partial charge in [0.25, 0.3) is 0 Å². The summed E-state index contributed by atoms with van der Waals surface area (Å²) in [6.07, 6.45) is 7.27. The number of amides is 1. The van der Waals surface area contributed by atoms with Crippen LogP contribution in [-0.4, -0.2) is 30.4 Å². The van der Waals surface area contributed by atoms with E-state index in [-0.39, 0.29) is 28.9 Å². The lowest BCUT2D eigenvalue weighted by Crippen LogP contribution is -2.39. The lowest BCUT2D eigenvalue weighted by atomic mass is 9.93. The predicted octanol–water partition coefficient (Wildman–Crippen LogP) is 1.56. The molecular weight excluding hydrogens is 262 g/mol. The van der Waals surface area contributed by atoms with Crippen LogP contribution in [0.25, 0.3) is 0 Å². The van der Waals surface area contributed by atoms with Crippen molar-refractivity contribution >= 4 is 15.9 Å². The first-order valence-electron chi connectivity index (χ1n) is 6.81. The molecule has 2 aliphatic carbocycles. The molecule has 0 unspecified atom stereocenters. The van der Waals surface area contributed by atoms with E-state index in [0.29, 0.717) is 18.9 Å². The molecule has 5 heteroatoms. The topological polar surface area (TPSA) is 54.5 Å². The molecule has 2 bridgehead atoms. The van der Waals surface area contributed by atoms with Crippen molar-refractivity contribution < 1.29 is 13.2 Å². The minimum Gasteiger partial charge on any atom is -0.273 e. The molecule has 0 aromatic carbocycles. The zero-order valence-corrected chi connectivity index (χ0v) is 11.8. The molecule has 1 aliphatic heterocycles. The Morgan fingerprint density at radius 3 is 2.79 bits per heavy atom. The highest BCUT2D eigenvalue weighted by atomic mass is 32.2. The van der Waals surface area contributed by atoms with Crippen molar-refractivity contribution in [3.8, 4) is 0 Å². The second-order valence-corrected chi connectivity index (χ2v) is 7.93. The normalized spacial score (nSPS) is 39.3. The SMILES string of the molecule is C=CC[C@@H](C)C(=O)N1C[C@H]2[C@H]([C@H]3C=C[C@@H]2C3)S1(=O)=O. The Bertz CT molecular complexity index is 551. The van der Waals surface area contributed by atoms with Crippen molar-refractivity contribution in [3.63, 3.8) is 0 Å². The second-order valence-electron chi connectivity index (χ2n) is 5.92. The van der Waals surface area contributed by atoms with Gasteiger partial charge in [0.15, 0.2) is 0 Å². The van der Waals surface area contributed by atoms with Gasteiger partial charge in [-0.2, -0.15) is 0 Å². The molecule has 0 aromatic rings. The Morgan fingerprint density at radius 2 is 2.16 bits per heavy atom. The predicted molar refractivity (Wildman–Crippen MR) is 72.6 cm³/mol. The fourth-order valence-electron chi connectivity index (χ4n) is 3.81. The Labute approximate surface area is 114 Å². The number of nitrogens with zero attached hydrogens (tertiary/aromatic N) is 1. The maximum Gasteiger partial charge on any atom is 0.241 e. The van der Waals surface area contributed by atoms with Gasteiger partial charge in [0.2, 0.25) is 15.9 Å². The summed E-state index contributed by atoms with van der Waals surface area (Å²) in [4.78, 5) is 12.3. The van der Waals surface area contributed by atoms with E-state index in [1.807, 2.05) is 6.08 Å². The van der Waals surface area contributed by atoms with Gasteiger partial charge in [0, 0.05) is 18.4 Å². The van der Waals surface area contributed by atoms with Crippen LogP contribution in [-0.2, 0) is 14.8 Å². The van der Waals surface area contributed by atoms with Crippen molar-refractivity contribution in [1.29, 1.82) is 0 Å². The van der Waals surface area contributed by atoms with E-state index in [2.05, 4.69) is 12.7 Å². The monoisotopic (exact) mass is 281 g/mol. The fraction of sp³-hybridized carbons (Fsp3) is 0.643. The van der Waals surface area contributed by atoms with Gasteiger partial charge in [-0.3, -0.25) is 4.79 Å². The van der Waals surface area contributed by atoms with Gasteiger partial charge in [-0.25, -0.2) is 12.7 Å². The molecule has 1 saturated heterocycles. The standard InChI is InChI=1S/C14H19NO3S/c1-3-4-9(2)14(16)15-8-12-10-5-6-11(7-10)13(12)19(15,17)18/h3,5-6,9-13H,1,4,7-8H2,2H3/t9-,10-,11+,12-,13+/m1/s1. The summed E-state index contributed by atoms with van der Waals surface area (Å²) in [6.45, 7) is 5.75. The van der Waals surface area contributed by atoms with Crippen LogP contribution in [0, 0.1) is 23.7 Å². The third kappa shape index (κ3) is 1.71. The summed E-state index contributed by atoms with van der Waals surface area (Å²) in [5.41, 5.74) is 0. The quantitative estimate of drug-likeness (QED) is 0.738. The Hall–Kier alpha value is -1.10. The average molecular weight is 281 g/mol. The molecule has 3 rings (SSSR count). The van der Waals surface area contributed by atoms with Crippen LogP contribution in [0.3, 0.4) is 0 Å². The van der Waals surface area contributed by atoms with E-state index in [4.69, 9.17) is 0 Å². The summed E-state index contributed by atoms with van der Waals surface area (Å²) >= 11 is 0. The molecule has 5 atom stereocenters. The van der Waals surface area contributed by atoms with Crippen LogP contribution in [0.15, 0.2) is 24.8 Å². The summed E-state index contributed by atoms with van der Waals surface area (Å²) < 4.78 is 26.3. The van der Waals surface area contributed by atoms with Crippen molar-refractivity contribution in [2.75, 3.05) is 6.54 Å². The molecule has 0 aromatic heterocycles. The summed E-state index contributed by atoms with van der Waals surface area (Å²) in [5, 5.41) is -0.359. The van der Waals surface area contributed by atoms with Gasteiger partial charge < -0.3 is 0 Å². The van der Waals surface area contributed by atoms with Crippen LogP contribution in [0.5, 0.6) is 0 Å². The Kier molecular flexibility index (Phi) is 2.85. The molecule has 1 heterocycles. The lowest BCUT2D eigenvalue weighted by molar-refractivity contribution is -0.130. The van der Waals surface area contributed by atoms with E-state index in [9.17, 15) is 13.2 Å². The smallest absolute Gasteiger partial charge is 0.241 e. The molecule has 3 aliphatic rings. The minimum absolute atomic E-state index is 0.111. The zero-order chi connectivity index (χ0) is 13.8. The van der Waals surface area contributed by atoms with Gasteiger partial charge in [0.1, 0.15) is 0 Å². The molecular formula is C14H19NO3S. The number of sulfonamides is 1. The van der Waals surface area contributed by atoms with E-state index in [1.54, 1.807) is 13.0 Å². The third-order valence-electron chi connectivity index (χ3n) is 4.76. The molecule has 104 valence electrons. The van der Waals surface area contributed by atoms with Crippen molar-refractivity contribution in [2.45, 2.75) is 25.0 Å². The van der Waals surface area contributed by atoms with Crippen molar-refractivity contribution in [2.24, 2.45) is 23.7 Å². The maximum atomic E-state index is 12.6. The number of carbonyl (C=O) groups excluding carboxylic acids is 1. The van der Waals surface area contributed by atoms with Gasteiger partial charge in [-0.05, 0) is 24.7 Å². The molecule has 1 saturated carbocycles. The molecule has 0 N–H and O–H groups in total. The molecule has 19 heavy (non-hydrogen) atoms. The third-order valence-corrected chi connectivity index (χ3v) is 7.09. The molecule has 4 nitrogen and oxygen atoms in total. The highest BCUT2D eigenvalue weighted by molar-refractivity contribution is 7.90. The van der Waals surface area contributed by atoms with E-state index < -0.39 is 10.0 Å². The summed E-state index contributed by atoms with van der Waals surface area (Å²) in [7, 11) is -3.46. The second kappa shape index (κ2) is 4.20. The van der Waals surface area contributed by atoms with Crippen LogP contribution < -0.4 is 0 Å². The van der Waals surface area contributed by atoms with Gasteiger partial charge in [0.05, 0.1) is 5.25 Å². The van der Waals surface area contributed by atoms with E-state index in [0.717, 1.165) is 10.7 Å². The number of fused-ring (bicyclic) bond motifs is 5. The van der Waals surface area contributed by atoms with Crippen LogP contribution in [0.4, 0.5) is 0 Å². The number of rotatable bonds is 3. The van der Waals surface area contributed by atoms with Crippen molar-refractivity contribution in [1.82, 2.24) is 4.31 Å². The van der Waals surface area contributed by atoms with Gasteiger partial charge in [-0.15, -0.1) is 6.58 Å². The van der Waals surface area contributed by atoms with Crippen LogP contribution in [0.1, 0.15) is 19.8 Å². The number of hydrogen-bond acceptors (Lipinski definition) is 3. The highest BCUT2D eigenvalue weighted by Crippen LogP contribution is 2.51. The van der Waals surface area contributed by atoms with E-state index in [1.165, 1.54) is 0 Å². The molecule has 1 amide bonds. The highest BCUT2D eigenvalue weighted by Gasteiger charge is 2.59. The number of hydrogen-bond donors (Lipinski definition) is 0.